The third-order valence-electron chi connectivity index (χ3n) is 5.23. The molecule has 2 aromatic heterocycles. The maximum absolute atomic E-state index is 13.8. The lowest BCUT2D eigenvalue weighted by Gasteiger charge is -2.28. The number of amides is 1. The molecule has 1 aromatic carbocycles. The molecule has 32 heavy (non-hydrogen) atoms. The normalized spacial score (nSPS) is 12.4. The molecule has 0 fully saturated rings. The van der Waals surface area contributed by atoms with Crippen molar-refractivity contribution >= 4 is 5.91 Å². The van der Waals surface area contributed by atoms with Crippen molar-refractivity contribution in [3.63, 3.8) is 0 Å². The molecule has 170 valence electrons. The lowest BCUT2D eigenvalue weighted by atomic mass is 10.1. The first-order valence-electron chi connectivity index (χ1n) is 10.5. The van der Waals surface area contributed by atoms with Crippen molar-refractivity contribution in [3.8, 4) is 11.6 Å². The zero-order chi connectivity index (χ0) is 23.3. The Kier molecular flexibility index (Phi) is 7.17. The Balaban J connectivity index is 1.73. The number of ether oxygens (including phenoxy) is 1. The number of aryl methyl sites for hydroxylation is 1. The van der Waals surface area contributed by atoms with Crippen LogP contribution in [0, 0.1) is 6.92 Å². The average molecular weight is 443 g/mol. The molecule has 2 heterocycles. The molecule has 0 spiro atoms. The van der Waals surface area contributed by atoms with Crippen molar-refractivity contribution in [2.45, 2.75) is 46.1 Å². The van der Waals surface area contributed by atoms with E-state index in [1.54, 1.807) is 17.3 Å². The Bertz CT molecular complexity index is 1040. The van der Waals surface area contributed by atoms with E-state index < -0.39 is 5.92 Å². The number of rotatable bonds is 9. The molecule has 0 aliphatic rings. The summed E-state index contributed by atoms with van der Waals surface area (Å²) in [5.74, 6) is -2.86. The van der Waals surface area contributed by atoms with Crippen LogP contribution in [0.15, 0.2) is 48.9 Å². The van der Waals surface area contributed by atoms with Crippen molar-refractivity contribution in [1.82, 2.24) is 24.9 Å². The number of carbonyl (C=O) groups is 1. The minimum Gasteiger partial charge on any atom is -0.475 e. The minimum atomic E-state index is -2.92. The average Bonchev–Trinajstić information content (AvgIpc) is 3.33. The van der Waals surface area contributed by atoms with Crippen LogP contribution in [0.4, 0.5) is 8.78 Å². The van der Waals surface area contributed by atoms with Crippen molar-refractivity contribution in [1.29, 1.82) is 0 Å². The van der Waals surface area contributed by atoms with Crippen LogP contribution in [-0.4, -0.2) is 50.0 Å². The van der Waals surface area contributed by atoms with Crippen LogP contribution in [0.5, 0.6) is 5.88 Å². The lowest BCUT2D eigenvalue weighted by Crippen LogP contribution is -2.42. The van der Waals surface area contributed by atoms with Gasteiger partial charge in [0.05, 0.1) is 29.7 Å². The van der Waals surface area contributed by atoms with Gasteiger partial charge in [-0.05, 0) is 39.0 Å². The van der Waals surface area contributed by atoms with Gasteiger partial charge in [0.2, 0.25) is 5.88 Å². The molecule has 0 radical (unpaired) electrons. The van der Waals surface area contributed by atoms with Crippen LogP contribution in [0.1, 0.15) is 48.7 Å². The van der Waals surface area contributed by atoms with Gasteiger partial charge < -0.3 is 9.64 Å². The fourth-order valence-corrected chi connectivity index (χ4v) is 3.33. The predicted octanol–water partition coefficient (Wildman–Crippen LogP) is 4.40. The van der Waals surface area contributed by atoms with E-state index in [1.165, 1.54) is 23.9 Å². The Hall–Kier alpha value is -3.36. The molecule has 1 atom stereocenters. The molecule has 0 aliphatic carbocycles. The summed E-state index contributed by atoms with van der Waals surface area (Å²) in [6.07, 6.45) is 3.93. The van der Waals surface area contributed by atoms with E-state index in [0.717, 1.165) is 11.8 Å². The van der Waals surface area contributed by atoms with E-state index in [0.29, 0.717) is 17.8 Å². The highest BCUT2D eigenvalue weighted by molar-refractivity contribution is 5.98. The van der Waals surface area contributed by atoms with Crippen LogP contribution in [0.2, 0.25) is 0 Å². The zero-order valence-electron chi connectivity index (χ0n) is 18.6. The van der Waals surface area contributed by atoms with Crippen LogP contribution < -0.4 is 4.74 Å². The molecule has 0 unspecified atom stereocenters. The van der Waals surface area contributed by atoms with Gasteiger partial charge in [-0.15, -0.1) is 0 Å². The summed E-state index contributed by atoms with van der Waals surface area (Å²) >= 11 is 0. The largest absolute Gasteiger partial charge is 0.475 e. The molecule has 0 saturated carbocycles. The van der Waals surface area contributed by atoms with E-state index in [1.807, 2.05) is 39.0 Å². The van der Waals surface area contributed by atoms with Crippen molar-refractivity contribution < 1.29 is 18.3 Å². The summed E-state index contributed by atoms with van der Waals surface area (Å²) in [4.78, 5) is 20.5. The number of likely N-dealkylation sites (N-methyl/N-ethyl adjacent to an activating group) is 1. The molecule has 3 rings (SSSR count). The molecule has 0 aliphatic heterocycles. The summed E-state index contributed by atoms with van der Waals surface area (Å²) in [5, 5.41) is 8.29. The first-order valence-corrected chi connectivity index (χ1v) is 10.5. The van der Waals surface area contributed by atoms with E-state index in [9.17, 15) is 13.6 Å². The standard InChI is InChI=1S/C23H27F2N5O2/c1-5-23(24,25)18-8-10-21(26-14-18)32-15-17(4)29(6-2)22(31)19-13-16(3)7-9-20(19)30-27-11-12-28-30/h7-14,17H,5-6,15H2,1-4H3/t17-/m0/s1. The summed E-state index contributed by atoms with van der Waals surface area (Å²) < 4.78 is 33.2. The van der Waals surface area contributed by atoms with Gasteiger partial charge >= 0.3 is 0 Å². The van der Waals surface area contributed by atoms with Crippen LogP contribution in [0.3, 0.4) is 0 Å². The van der Waals surface area contributed by atoms with E-state index in [-0.39, 0.29) is 36.4 Å². The second kappa shape index (κ2) is 9.84. The number of pyridine rings is 1. The van der Waals surface area contributed by atoms with Gasteiger partial charge in [0, 0.05) is 30.8 Å². The Labute approximate surface area is 186 Å². The zero-order valence-corrected chi connectivity index (χ0v) is 18.6. The second-order valence-corrected chi connectivity index (χ2v) is 7.53. The lowest BCUT2D eigenvalue weighted by molar-refractivity contribution is -0.00872. The number of hydrogen-bond acceptors (Lipinski definition) is 5. The molecule has 0 saturated heterocycles. The van der Waals surface area contributed by atoms with E-state index >= 15 is 0 Å². The molecule has 7 nitrogen and oxygen atoms in total. The molecule has 0 bridgehead atoms. The van der Waals surface area contributed by atoms with Crippen molar-refractivity contribution in [3.05, 3.63) is 65.6 Å². The highest BCUT2D eigenvalue weighted by atomic mass is 19.3. The minimum absolute atomic E-state index is 0.148. The summed E-state index contributed by atoms with van der Waals surface area (Å²) in [7, 11) is 0. The topological polar surface area (TPSA) is 73.1 Å². The number of nitrogens with zero attached hydrogens (tertiary/aromatic N) is 5. The Morgan fingerprint density at radius 3 is 2.50 bits per heavy atom. The maximum Gasteiger partial charge on any atom is 0.274 e. The van der Waals surface area contributed by atoms with Gasteiger partial charge in [-0.2, -0.15) is 15.0 Å². The maximum atomic E-state index is 13.8. The SMILES string of the molecule is CCN(C(=O)c1cc(C)ccc1-n1nccn1)[C@@H](C)COc1ccc(C(F)(F)CC)cn1. The number of benzene rings is 1. The van der Waals surface area contributed by atoms with Gasteiger partial charge in [0.1, 0.15) is 6.61 Å². The number of hydrogen-bond donors (Lipinski definition) is 0. The van der Waals surface area contributed by atoms with E-state index in [4.69, 9.17) is 4.74 Å². The Morgan fingerprint density at radius 2 is 1.91 bits per heavy atom. The van der Waals surface area contributed by atoms with Crippen LogP contribution >= 0.6 is 0 Å². The third-order valence-corrected chi connectivity index (χ3v) is 5.23. The fraction of sp³-hybridized carbons (Fsp3) is 0.391. The summed E-state index contributed by atoms with van der Waals surface area (Å²) in [6, 6.07) is 7.97. The van der Waals surface area contributed by atoms with Gasteiger partial charge in [-0.3, -0.25) is 4.79 Å². The molecular formula is C23H27F2N5O2. The molecule has 1 amide bonds. The van der Waals surface area contributed by atoms with Gasteiger partial charge in [-0.25, -0.2) is 13.8 Å². The molecular weight excluding hydrogens is 416 g/mol. The fourth-order valence-electron chi connectivity index (χ4n) is 3.33. The van der Waals surface area contributed by atoms with Gasteiger partial charge in [0.15, 0.2) is 0 Å². The third kappa shape index (κ3) is 5.09. The number of alkyl halides is 2. The number of carbonyl (C=O) groups excluding carboxylic acids is 1. The van der Waals surface area contributed by atoms with E-state index in [2.05, 4.69) is 15.2 Å². The monoisotopic (exact) mass is 443 g/mol. The first-order chi connectivity index (χ1) is 15.3. The summed E-state index contributed by atoms with van der Waals surface area (Å²) in [5.41, 5.74) is 1.87. The van der Waals surface area contributed by atoms with Gasteiger partial charge in [-0.1, -0.05) is 18.6 Å². The number of aromatic nitrogens is 4. The van der Waals surface area contributed by atoms with Crippen molar-refractivity contribution in [2.24, 2.45) is 0 Å². The quantitative estimate of drug-likeness (QED) is 0.490. The summed E-state index contributed by atoms with van der Waals surface area (Å²) in [6.45, 7) is 7.70. The Morgan fingerprint density at radius 1 is 1.19 bits per heavy atom. The second-order valence-electron chi connectivity index (χ2n) is 7.53. The molecule has 9 heteroatoms. The van der Waals surface area contributed by atoms with Crippen LogP contribution in [-0.2, 0) is 5.92 Å². The number of halogens is 2. The van der Waals surface area contributed by atoms with Crippen LogP contribution in [0.25, 0.3) is 5.69 Å². The smallest absolute Gasteiger partial charge is 0.274 e. The highest BCUT2D eigenvalue weighted by Crippen LogP contribution is 2.31. The molecule has 0 N–H and O–H groups in total. The van der Waals surface area contributed by atoms with Gasteiger partial charge in [0.25, 0.3) is 11.8 Å². The van der Waals surface area contributed by atoms with Crippen molar-refractivity contribution in [2.75, 3.05) is 13.2 Å². The predicted molar refractivity (Wildman–Crippen MR) is 116 cm³/mol. The first kappa shape index (κ1) is 23.3. The highest BCUT2D eigenvalue weighted by Gasteiger charge is 2.29. The molecule has 3 aromatic rings.